The van der Waals surface area contributed by atoms with Gasteiger partial charge >= 0.3 is 0 Å². The second-order valence-corrected chi connectivity index (χ2v) is 7.03. The summed E-state index contributed by atoms with van der Waals surface area (Å²) in [6.45, 7) is 2.63. The first kappa shape index (κ1) is 21.1. The van der Waals surface area contributed by atoms with Gasteiger partial charge in [-0.05, 0) is 61.0 Å². The third kappa shape index (κ3) is 4.78. The van der Waals surface area contributed by atoms with Crippen molar-refractivity contribution in [2.75, 3.05) is 19.0 Å². The molecule has 0 atom stereocenters. The number of carbonyl (C=O) groups is 1. The summed E-state index contributed by atoms with van der Waals surface area (Å²) in [6.07, 6.45) is 0.895. The summed E-state index contributed by atoms with van der Waals surface area (Å²) in [5.41, 5.74) is 2.50. The maximum absolute atomic E-state index is 12.9. The average molecular weight is 429 g/mol. The number of rotatable bonds is 8. The van der Waals surface area contributed by atoms with Crippen LogP contribution in [-0.4, -0.2) is 29.8 Å². The van der Waals surface area contributed by atoms with Crippen LogP contribution < -0.4 is 14.8 Å². The minimum absolute atomic E-state index is 0.255. The molecule has 0 saturated heterocycles. The Kier molecular flexibility index (Phi) is 6.46. The third-order valence-corrected chi connectivity index (χ3v) is 4.75. The highest BCUT2D eigenvalue weighted by Gasteiger charge is 2.16. The Labute approximate surface area is 186 Å². The molecule has 1 amide bonds. The number of amides is 1. The van der Waals surface area contributed by atoms with E-state index >= 15 is 0 Å². The van der Waals surface area contributed by atoms with Gasteiger partial charge in [0, 0.05) is 11.1 Å². The van der Waals surface area contributed by atoms with Gasteiger partial charge in [-0.3, -0.25) is 4.79 Å². The van der Waals surface area contributed by atoms with Crippen molar-refractivity contribution < 1.29 is 18.8 Å². The van der Waals surface area contributed by atoms with Crippen LogP contribution in [0.25, 0.3) is 22.8 Å². The number of nitrogens with one attached hydrogen (secondary N) is 1. The number of ether oxygens (including phenoxy) is 2. The standard InChI is InChI=1S/C25H23N3O4/c1-3-15-31-20-8-6-7-18(16-20)24(29)26-22-10-5-4-9-21(22)25-27-23(28-32-25)17-11-13-19(30-2)14-12-17/h4-14,16H,3,15H2,1-2H3,(H,26,29). The second-order valence-electron chi connectivity index (χ2n) is 7.03. The molecule has 0 aliphatic carbocycles. The lowest BCUT2D eigenvalue weighted by Crippen LogP contribution is -2.12. The van der Waals surface area contributed by atoms with E-state index in [2.05, 4.69) is 15.5 Å². The van der Waals surface area contributed by atoms with Gasteiger partial charge < -0.3 is 19.3 Å². The normalized spacial score (nSPS) is 10.6. The largest absolute Gasteiger partial charge is 0.497 e. The first-order valence-corrected chi connectivity index (χ1v) is 10.3. The Balaban J connectivity index is 1.56. The maximum atomic E-state index is 12.9. The molecule has 7 nitrogen and oxygen atoms in total. The lowest BCUT2D eigenvalue weighted by molar-refractivity contribution is 0.102. The summed E-state index contributed by atoms with van der Waals surface area (Å²) in [5, 5.41) is 7.01. The molecule has 1 aromatic heterocycles. The van der Waals surface area contributed by atoms with Crippen LogP contribution in [0.1, 0.15) is 23.7 Å². The van der Waals surface area contributed by atoms with Crippen LogP contribution in [0, 0.1) is 0 Å². The Bertz CT molecular complexity index is 1200. The molecule has 7 heteroatoms. The van der Waals surface area contributed by atoms with Gasteiger partial charge in [0.2, 0.25) is 5.82 Å². The van der Waals surface area contributed by atoms with Gasteiger partial charge in [-0.25, -0.2) is 0 Å². The molecule has 0 radical (unpaired) electrons. The summed E-state index contributed by atoms with van der Waals surface area (Å²) in [6, 6.07) is 21.8. The van der Waals surface area contributed by atoms with Crippen LogP contribution in [0.5, 0.6) is 11.5 Å². The summed E-state index contributed by atoms with van der Waals surface area (Å²) in [7, 11) is 1.61. The molecule has 0 bridgehead atoms. The SMILES string of the molecule is CCCOc1cccc(C(=O)Nc2ccccc2-c2nc(-c3ccc(OC)cc3)no2)c1. The number of carbonyl (C=O) groups excluding carboxylic acids is 1. The van der Waals surface area contributed by atoms with E-state index in [4.69, 9.17) is 14.0 Å². The highest BCUT2D eigenvalue weighted by atomic mass is 16.5. The lowest BCUT2D eigenvalue weighted by Gasteiger charge is -2.10. The van der Waals surface area contributed by atoms with Gasteiger partial charge in [-0.1, -0.05) is 30.3 Å². The molecule has 0 saturated carbocycles. The number of hydrogen-bond donors (Lipinski definition) is 1. The van der Waals surface area contributed by atoms with Crippen LogP contribution >= 0.6 is 0 Å². The molecule has 4 aromatic rings. The van der Waals surface area contributed by atoms with Gasteiger partial charge in [0.05, 0.1) is 25.0 Å². The zero-order chi connectivity index (χ0) is 22.3. The summed E-state index contributed by atoms with van der Waals surface area (Å²) < 4.78 is 16.3. The molecule has 1 N–H and O–H groups in total. The molecule has 0 fully saturated rings. The predicted octanol–water partition coefficient (Wildman–Crippen LogP) is 5.45. The van der Waals surface area contributed by atoms with Gasteiger partial charge in [-0.2, -0.15) is 4.98 Å². The van der Waals surface area contributed by atoms with Crippen LogP contribution in [-0.2, 0) is 0 Å². The van der Waals surface area contributed by atoms with E-state index in [1.54, 1.807) is 31.4 Å². The van der Waals surface area contributed by atoms with Crippen LogP contribution in [0.15, 0.2) is 77.3 Å². The van der Waals surface area contributed by atoms with E-state index in [-0.39, 0.29) is 5.91 Å². The fourth-order valence-electron chi connectivity index (χ4n) is 3.11. The summed E-state index contributed by atoms with van der Waals surface area (Å²) in [5.74, 6) is 1.91. The number of methoxy groups -OCH3 is 1. The van der Waals surface area contributed by atoms with E-state index in [0.717, 1.165) is 17.7 Å². The molecule has 0 aliphatic heterocycles. The second kappa shape index (κ2) is 9.78. The number of nitrogens with zero attached hydrogens (tertiary/aromatic N) is 2. The third-order valence-electron chi connectivity index (χ3n) is 4.75. The van der Waals surface area contributed by atoms with Crippen molar-refractivity contribution in [3.8, 4) is 34.3 Å². The number of anilines is 1. The Hall–Kier alpha value is -4.13. The maximum Gasteiger partial charge on any atom is 0.260 e. The molecule has 1 heterocycles. The van der Waals surface area contributed by atoms with Gasteiger partial charge in [0.15, 0.2) is 0 Å². The van der Waals surface area contributed by atoms with Crippen LogP contribution in [0.3, 0.4) is 0 Å². The number of benzene rings is 3. The minimum atomic E-state index is -0.255. The molecule has 162 valence electrons. The molecule has 3 aromatic carbocycles. The molecular weight excluding hydrogens is 406 g/mol. The van der Waals surface area contributed by atoms with E-state index < -0.39 is 0 Å². The van der Waals surface area contributed by atoms with E-state index in [9.17, 15) is 4.79 Å². The Morgan fingerprint density at radius 1 is 1.00 bits per heavy atom. The fraction of sp³-hybridized carbons (Fsp3) is 0.160. The average Bonchev–Trinajstić information content (AvgIpc) is 3.33. The van der Waals surface area contributed by atoms with Gasteiger partial charge in [0.25, 0.3) is 11.8 Å². The number of aromatic nitrogens is 2. The van der Waals surface area contributed by atoms with Gasteiger partial charge in [0.1, 0.15) is 11.5 Å². The first-order chi connectivity index (χ1) is 15.7. The molecular formula is C25H23N3O4. The number of para-hydroxylation sites is 1. The van der Waals surface area contributed by atoms with Gasteiger partial charge in [-0.15, -0.1) is 0 Å². The molecule has 0 spiro atoms. The molecule has 0 aliphatic rings. The van der Waals surface area contributed by atoms with Crippen molar-refractivity contribution in [1.82, 2.24) is 10.1 Å². The van der Waals surface area contributed by atoms with Crippen molar-refractivity contribution in [3.63, 3.8) is 0 Å². The molecule has 32 heavy (non-hydrogen) atoms. The topological polar surface area (TPSA) is 86.5 Å². The highest BCUT2D eigenvalue weighted by molar-refractivity contribution is 6.06. The Morgan fingerprint density at radius 2 is 1.81 bits per heavy atom. The quantitative estimate of drug-likeness (QED) is 0.401. The zero-order valence-corrected chi connectivity index (χ0v) is 17.9. The molecule has 4 rings (SSSR count). The zero-order valence-electron chi connectivity index (χ0n) is 17.9. The van der Waals surface area contributed by atoms with Crippen LogP contribution in [0.4, 0.5) is 5.69 Å². The van der Waals surface area contributed by atoms with Crippen molar-refractivity contribution >= 4 is 11.6 Å². The smallest absolute Gasteiger partial charge is 0.260 e. The summed E-state index contributed by atoms with van der Waals surface area (Å²) in [4.78, 5) is 17.4. The lowest BCUT2D eigenvalue weighted by atomic mass is 10.1. The fourth-order valence-corrected chi connectivity index (χ4v) is 3.11. The van der Waals surface area contributed by atoms with Crippen LogP contribution in [0.2, 0.25) is 0 Å². The van der Waals surface area contributed by atoms with E-state index in [1.165, 1.54) is 0 Å². The van der Waals surface area contributed by atoms with Crippen molar-refractivity contribution in [2.24, 2.45) is 0 Å². The van der Waals surface area contributed by atoms with Crippen molar-refractivity contribution in [3.05, 3.63) is 78.4 Å². The predicted molar refractivity (Wildman–Crippen MR) is 122 cm³/mol. The number of hydrogen-bond acceptors (Lipinski definition) is 6. The highest BCUT2D eigenvalue weighted by Crippen LogP contribution is 2.29. The minimum Gasteiger partial charge on any atom is -0.497 e. The van der Waals surface area contributed by atoms with Crippen molar-refractivity contribution in [1.29, 1.82) is 0 Å². The Morgan fingerprint density at radius 3 is 2.59 bits per heavy atom. The van der Waals surface area contributed by atoms with Crippen molar-refractivity contribution in [2.45, 2.75) is 13.3 Å². The first-order valence-electron chi connectivity index (χ1n) is 10.3. The monoisotopic (exact) mass is 429 g/mol. The molecule has 0 unspecified atom stereocenters. The summed E-state index contributed by atoms with van der Waals surface area (Å²) >= 11 is 0. The van der Waals surface area contributed by atoms with E-state index in [1.807, 2.05) is 55.5 Å². The van der Waals surface area contributed by atoms with E-state index in [0.29, 0.717) is 40.9 Å².